The van der Waals surface area contributed by atoms with Gasteiger partial charge in [-0.1, -0.05) is 31.2 Å². The number of aromatic nitrogens is 1. The van der Waals surface area contributed by atoms with Crippen molar-refractivity contribution in [3.63, 3.8) is 0 Å². The number of benzene rings is 2. The van der Waals surface area contributed by atoms with Crippen molar-refractivity contribution in [1.82, 2.24) is 4.98 Å². The SMILES string of the molecule is CCc1ccccc1N(C(C)=O)c1nc(COc2cccc(C#N)c2)cs1. The van der Waals surface area contributed by atoms with Gasteiger partial charge < -0.3 is 4.74 Å². The Hall–Kier alpha value is -3.17. The minimum absolute atomic E-state index is 0.0839. The fourth-order valence-corrected chi connectivity index (χ4v) is 3.58. The molecule has 1 amide bonds. The highest BCUT2D eigenvalue weighted by Crippen LogP contribution is 2.32. The molecule has 0 aliphatic heterocycles. The molecule has 0 fully saturated rings. The summed E-state index contributed by atoms with van der Waals surface area (Å²) in [6.45, 7) is 3.87. The molecular weight excluding hydrogens is 358 g/mol. The molecule has 3 aromatic rings. The number of ether oxygens (including phenoxy) is 1. The van der Waals surface area contributed by atoms with Crippen molar-refractivity contribution in [1.29, 1.82) is 5.26 Å². The molecule has 5 nitrogen and oxygen atoms in total. The molecule has 0 spiro atoms. The van der Waals surface area contributed by atoms with Crippen molar-refractivity contribution >= 4 is 28.1 Å². The van der Waals surface area contributed by atoms with Gasteiger partial charge >= 0.3 is 0 Å². The number of anilines is 2. The lowest BCUT2D eigenvalue weighted by molar-refractivity contribution is -0.115. The van der Waals surface area contributed by atoms with E-state index in [-0.39, 0.29) is 12.5 Å². The average molecular weight is 377 g/mol. The lowest BCUT2D eigenvalue weighted by atomic mass is 10.1. The number of hydrogen-bond acceptors (Lipinski definition) is 5. The van der Waals surface area contributed by atoms with Gasteiger partial charge in [0.15, 0.2) is 5.13 Å². The van der Waals surface area contributed by atoms with Crippen LogP contribution in [0.5, 0.6) is 5.75 Å². The molecule has 0 saturated carbocycles. The highest BCUT2D eigenvalue weighted by molar-refractivity contribution is 7.14. The van der Waals surface area contributed by atoms with Crippen LogP contribution in [-0.4, -0.2) is 10.9 Å². The second-order valence-electron chi connectivity index (χ2n) is 5.89. The lowest BCUT2D eigenvalue weighted by Gasteiger charge is -2.20. The maximum atomic E-state index is 12.3. The summed E-state index contributed by atoms with van der Waals surface area (Å²) in [5.41, 5.74) is 3.23. The number of carbonyl (C=O) groups is 1. The fraction of sp³-hybridized carbons (Fsp3) is 0.190. The zero-order valence-electron chi connectivity index (χ0n) is 15.2. The number of rotatable bonds is 6. The van der Waals surface area contributed by atoms with Crippen molar-refractivity contribution in [3.05, 3.63) is 70.7 Å². The molecule has 27 heavy (non-hydrogen) atoms. The predicted octanol–water partition coefficient (Wildman–Crippen LogP) is 4.84. The van der Waals surface area contributed by atoms with Crippen LogP contribution in [0.3, 0.4) is 0 Å². The fourth-order valence-electron chi connectivity index (χ4n) is 2.71. The van der Waals surface area contributed by atoms with E-state index in [1.165, 1.54) is 18.3 Å². The first-order valence-corrected chi connectivity index (χ1v) is 9.46. The summed E-state index contributed by atoms with van der Waals surface area (Å²) in [7, 11) is 0. The first-order valence-electron chi connectivity index (χ1n) is 8.58. The quantitative estimate of drug-likeness (QED) is 0.616. The number of nitrogens with zero attached hydrogens (tertiary/aromatic N) is 3. The number of para-hydroxylation sites is 1. The van der Waals surface area contributed by atoms with E-state index in [1.807, 2.05) is 29.6 Å². The third-order valence-corrected chi connectivity index (χ3v) is 4.88. The largest absolute Gasteiger partial charge is 0.487 e. The van der Waals surface area contributed by atoms with Crippen LogP contribution in [0.2, 0.25) is 0 Å². The Balaban J connectivity index is 1.80. The first kappa shape index (κ1) is 18.6. The van der Waals surface area contributed by atoms with E-state index in [1.54, 1.807) is 29.2 Å². The average Bonchev–Trinajstić information content (AvgIpc) is 3.15. The van der Waals surface area contributed by atoms with Crippen molar-refractivity contribution in [2.75, 3.05) is 4.90 Å². The van der Waals surface area contributed by atoms with Crippen molar-refractivity contribution in [2.24, 2.45) is 0 Å². The van der Waals surface area contributed by atoms with E-state index >= 15 is 0 Å². The first-order chi connectivity index (χ1) is 13.1. The Morgan fingerprint density at radius 3 is 2.81 bits per heavy atom. The molecule has 0 unspecified atom stereocenters. The number of amides is 1. The van der Waals surface area contributed by atoms with E-state index in [2.05, 4.69) is 18.0 Å². The van der Waals surface area contributed by atoms with Crippen LogP contribution in [0.15, 0.2) is 53.9 Å². The number of thiazole rings is 1. The summed E-state index contributed by atoms with van der Waals surface area (Å²) in [5, 5.41) is 11.5. The van der Waals surface area contributed by atoms with Crippen LogP contribution in [0.1, 0.15) is 30.7 Å². The number of aryl methyl sites for hydroxylation is 1. The molecular formula is C21H19N3O2S. The molecule has 0 aliphatic carbocycles. The molecule has 136 valence electrons. The van der Waals surface area contributed by atoms with Gasteiger partial charge in [0.05, 0.1) is 23.0 Å². The van der Waals surface area contributed by atoms with Crippen molar-refractivity contribution < 1.29 is 9.53 Å². The Morgan fingerprint density at radius 1 is 1.26 bits per heavy atom. The van der Waals surface area contributed by atoms with Gasteiger partial charge in [-0.3, -0.25) is 9.69 Å². The molecule has 0 aliphatic rings. The van der Waals surface area contributed by atoms with E-state index in [9.17, 15) is 4.79 Å². The van der Waals surface area contributed by atoms with Gasteiger partial charge in [0.2, 0.25) is 5.91 Å². The summed E-state index contributed by atoms with van der Waals surface area (Å²) in [4.78, 5) is 18.5. The molecule has 1 heterocycles. The summed E-state index contributed by atoms with van der Waals surface area (Å²) in [5.74, 6) is 0.530. The van der Waals surface area contributed by atoms with Gasteiger partial charge in [0, 0.05) is 12.3 Å². The number of nitriles is 1. The van der Waals surface area contributed by atoms with E-state index < -0.39 is 0 Å². The van der Waals surface area contributed by atoms with Gasteiger partial charge in [0.1, 0.15) is 12.4 Å². The molecule has 0 atom stereocenters. The predicted molar refractivity (Wildman–Crippen MR) is 106 cm³/mol. The highest BCUT2D eigenvalue weighted by atomic mass is 32.1. The van der Waals surface area contributed by atoms with Crippen LogP contribution in [-0.2, 0) is 17.8 Å². The standard InChI is InChI=1S/C21H19N3O2S/c1-3-17-8-4-5-10-20(17)24(15(2)25)21-23-18(14-27-21)13-26-19-9-6-7-16(11-19)12-22/h4-11,14H,3,13H2,1-2H3. The Morgan fingerprint density at radius 2 is 2.07 bits per heavy atom. The monoisotopic (exact) mass is 377 g/mol. The molecule has 3 rings (SSSR count). The topological polar surface area (TPSA) is 66.2 Å². The molecule has 0 saturated heterocycles. The minimum atomic E-state index is -0.0839. The molecule has 1 aromatic heterocycles. The third kappa shape index (κ3) is 4.33. The third-order valence-electron chi connectivity index (χ3n) is 4.01. The molecule has 6 heteroatoms. The van der Waals surface area contributed by atoms with E-state index in [0.717, 1.165) is 23.4 Å². The normalized spacial score (nSPS) is 10.3. The Kier molecular flexibility index (Phi) is 5.84. The van der Waals surface area contributed by atoms with E-state index in [4.69, 9.17) is 10.00 Å². The van der Waals surface area contributed by atoms with Crippen LogP contribution in [0.4, 0.5) is 10.8 Å². The molecule has 2 aromatic carbocycles. The van der Waals surface area contributed by atoms with Crippen molar-refractivity contribution in [3.8, 4) is 11.8 Å². The highest BCUT2D eigenvalue weighted by Gasteiger charge is 2.20. The Labute approximate surface area is 162 Å². The zero-order chi connectivity index (χ0) is 19.2. The summed E-state index contributed by atoms with van der Waals surface area (Å²) in [6, 6.07) is 16.9. The maximum absolute atomic E-state index is 12.3. The van der Waals surface area contributed by atoms with Gasteiger partial charge in [-0.25, -0.2) is 4.98 Å². The number of carbonyl (C=O) groups excluding carboxylic acids is 1. The summed E-state index contributed by atoms with van der Waals surface area (Å²) < 4.78 is 5.73. The van der Waals surface area contributed by atoms with Gasteiger partial charge in [-0.2, -0.15) is 5.26 Å². The molecule has 0 bridgehead atoms. The van der Waals surface area contributed by atoms with Crippen LogP contribution >= 0.6 is 11.3 Å². The molecule has 0 N–H and O–H groups in total. The van der Waals surface area contributed by atoms with Crippen LogP contribution in [0.25, 0.3) is 0 Å². The lowest BCUT2D eigenvalue weighted by Crippen LogP contribution is -2.23. The minimum Gasteiger partial charge on any atom is -0.487 e. The second-order valence-corrected chi connectivity index (χ2v) is 6.72. The summed E-state index contributed by atoms with van der Waals surface area (Å²) in [6.07, 6.45) is 0.830. The van der Waals surface area contributed by atoms with Crippen LogP contribution < -0.4 is 9.64 Å². The second kappa shape index (κ2) is 8.47. The van der Waals surface area contributed by atoms with Crippen LogP contribution in [0, 0.1) is 11.3 Å². The smallest absolute Gasteiger partial charge is 0.230 e. The van der Waals surface area contributed by atoms with Gasteiger partial charge in [-0.15, -0.1) is 11.3 Å². The van der Waals surface area contributed by atoms with Crippen molar-refractivity contribution in [2.45, 2.75) is 26.9 Å². The van der Waals surface area contributed by atoms with Gasteiger partial charge in [-0.05, 0) is 36.2 Å². The maximum Gasteiger partial charge on any atom is 0.230 e. The zero-order valence-corrected chi connectivity index (χ0v) is 16.0. The molecule has 0 radical (unpaired) electrons. The van der Waals surface area contributed by atoms with Gasteiger partial charge in [0.25, 0.3) is 0 Å². The Bertz CT molecular complexity index is 991. The number of hydrogen-bond donors (Lipinski definition) is 0. The summed E-state index contributed by atoms with van der Waals surface area (Å²) >= 11 is 1.40. The van der Waals surface area contributed by atoms with E-state index in [0.29, 0.717) is 16.4 Å².